The molecule has 0 fully saturated rings. The van der Waals surface area contributed by atoms with E-state index in [1.54, 1.807) is 13.3 Å². The Kier molecular flexibility index (Phi) is 2.99. The Hall–Kier alpha value is -1.32. The minimum Gasteiger partial charge on any atom is -0.481 e. The van der Waals surface area contributed by atoms with Gasteiger partial charge in [-0.3, -0.25) is 4.79 Å². The molecule has 2 atom stereocenters. The van der Waals surface area contributed by atoms with Crippen molar-refractivity contribution in [3.05, 3.63) is 17.7 Å². The molecule has 2 rings (SSSR count). The van der Waals surface area contributed by atoms with Crippen LogP contribution in [0.4, 0.5) is 0 Å². The Morgan fingerprint density at radius 3 is 2.81 bits per heavy atom. The molecule has 0 aromatic carbocycles. The van der Waals surface area contributed by atoms with E-state index < -0.39 is 5.97 Å². The van der Waals surface area contributed by atoms with Crippen molar-refractivity contribution in [2.24, 2.45) is 5.92 Å². The van der Waals surface area contributed by atoms with Crippen molar-refractivity contribution in [3.8, 4) is 0 Å². The molecular formula is C12H18N2O2. The van der Waals surface area contributed by atoms with Crippen LogP contribution in [0.2, 0.25) is 0 Å². The fraction of sp³-hybridized carbons (Fsp3) is 0.667. The number of fused-ring (bicyclic) bond motifs is 1. The van der Waals surface area contributed by atoms with Gasteiger partial charge >= 0.3 is 5.97 Å². The van der Waals surface area contributed by atoms with E-state index in [0.717, 1.165) is 18.5 Å². The quantitative estimate of drug-likeness (QED) is 0.851. The molecule has 1 aromatic heterocycles. The molecule has 0 radical (unpaired) electrons. The molecule has 88 valence electrons. The van der Waals surface area contributed by atoms with Crippen LogP contribution in [0.15, 0.2) is 6.33 Å². The molecule has 0 spiro atoms. The molecule has 0 saturated heterocycles. The summed E-state index contributed by atoms with van der Waals surface area (Å²) in [7, 11) is 0. The highest BCUT2D eigenvalue weighted by Gasteiger charge is 2.25. The van der Waals surface area contributed by atoms with Gasteiger partial charge in [-0.1, -0.05) is 0 Å². The molecule has 1 aliphatic rings. The summed E-state index contributed by atoms with van der Waals surface area (Å²) in [5.41, 5.74) is 2.41. The molecule has 0 bridgehead atoms. The predicted octanol–water partition coefficient (Wildman–Crippen LogP) is 2.04. The fourth-order valence-corrected chi connectivity index (χ4v) is 2.29. The first-order valence-electron chi connectivity index (χ1n) is 5.88. The van der Waals surface area contributed by atoms with E-state index in [-0.39, 0.29) is 12.0 Å². The van der Waals surface area contributed by atoms with Crippen LogP contribution in [-0.2, 0) is 17.6 Å². The molecule has 1 heterocycles. The molecule has 0 saturated carbocycles. The van der Waals surface area contributed by atoms with E-state index in [1.165, 1.54) is 18.5 Å². The fourth-order valence-electron chi connectivity index (χ4n) is 2.29. The summed E-state index contributed by atoms with van der Waals surface area (Å²) in [6.45, 7) is 3.71. The zero-order valence-corrected chi connectivity index (χ0v) is 9.81. The molecule has 16 heavy (non-hydrogen) atoms. The van der Waals surface area contributed by atoms with Crippen molar-refractivity contribution in [2.75, 3.05) is 0 Å². The first kappa shape index (κ1) is 11.2. The maximum Gasteiger partial charge on any atom is 0.308 e. The summed E-state index contributed by atoms with van der Waals surface area (Å²) < 4.78 is 2.05. The van der Waals surface area contributed by atoms with Crippen molar-refractivity contribution in [1.82, 2.24) is 9.55 Å². The van der Waals surface area contributed by atoms with Gasteiger partial charge in [-0.25, -0.2) is 4.98 Å². The Labute approximate surface area is 95.3 Å². The van der Waals surface area contributed by atoms with Crippen LogP contribution < -0.4 is 0 Å². The predicted molar refractivity (Wildman–Crippen MR) is 60.4 cm³/mol. The molecular weight excluding hydrogens is 204 g/mol. The van der Waals surface area contributed by atoms with Gasteiger partial charge in [0.2, 0.25) is 0 Å². The van der Waals surface area contributed by atoms with Gasteiger partial charge < -0.3 is 9.67 Å². The minimum atomic E-state index is -0.745. The highest BCUT2D eigenvalue weighted by Crippen LogP contribution is 2.26. The average molecular weight is 222 g/mol. The number of imidazole rings is 1. The van der Waals surface area contributed by atoms with E-state index in [1.807, 2.05) is 11.5 Å². The lowest BCUT2D eigenvalue weighted by atomic mass is 9.99. The minimum absolute atomic E-state index is 0.0214. The van der Waals surface area contributed by atoms with Crippen molar-refractivity contribution in [1.29, 1.82) is 0 Å². The second kappa shape index (κ2) is 4.28. The first-order valence-corrected chi connectivity index (χ1v) is 5.88. The lowest BCUT2D eigenvalue weighted by Gasteiger charge is -2.22. The van der Waals surface area contributed by atoms with Gasteiger partial charge in [-0.15, -0.1) is 0 Å². The number of carbonyl (C=O) groups is 1. The number of hydrogen-bond donors (Lipinski definition) is 1. The molecule has 2 unspecified atom stereocenters. The SMILES string of the molecule is CC(C(=O)O)C(C)n1cnc2c1CCCC2. The summed E-state index contributed by atoms with van der Waals surface area (Å²) in [4.78, 5) is 15.4. The van der Waals surface area contributed by atoms with Gasteiger partial charge in [0.25, 0.3) is 0 Å². The number of aryl methyl sites for hydroxylation is 1. The maximum atomic E-state index is 11.0. The van der Waals surface area contributed by atoms with E-state index in [9.17, 15) is 4.79 Å². The number of nitrogens with zero attached hydrogens (tertiary/aromatic N) is 2. The van der Waals surface area contributed by atoms with Gasteiger partial charge in [0.15, 0.2) is 0 Å². The summed E-state index contributed by atoms with van der Waals surface area (Å²) in [6, 6.07) is -0.0214. The molecule has 1 aromatic rings. The Morgan fingerprint density at radius 1 is 1.44 bits per heavy atom. The Morgan fingerprint density at radius 2 is 2.12 bits per heavy atom. The van der Waals surface area contributed by atoms with Gasteiger partial charge in [-0.05, 0) is 39.5 Å². The Bertz CT molecular complexity index is 398. The number of hydrogen-bond acceptors (Lipinski definition) is 2. The van der Waals surface area contributed by atoms with Crippen molar-refractivity contribution < 1.29 is 9.90 Å². The highest BCUT2D eigenvalue weighted by molar-refractivity contribution is 5.70. The number of carboxylic acids is 1. The van der Waals surface area contributed by atoms with Gasteiger partial charge in [-0.2, -0.15) is 0 Å². The largest absolute Gasteiger partial charge is 0.481 e. The number of aromatic nitrogens is 2. The topological polar surface area (TPSA) is 55.1 Å². The average Bonchev–Trinajstić information content (AvgIpc) is 2.70. The second-order valence-corrected chi connectivity index (χ2v) is 4.62. The van der Waals surface area contributed by atoms with Gasteiger partial charge in [0, 0.05) is 11.7 Å². The van der Waals surface area contributed by atoms with Crippen LogP contribution in [0.5, 0.6) is 0 Å². The van der Waals surface area contributed by atoms with E-state index in [0.29, 0.717) is 0 Å². The maximum absolute atomic E-state index is 11.0. The van der Waals surface area contributed by atoms with Crippen molar-refractivity contribution in [2.45, 2.75) is 45.6 Å². The van der Waals surface area contributed by atoms with Crippen LogP contribution >= 0.6 is 0 Å². The van der Waals surface area contributed by atoms with Crippen LogP contribution in [0.25, 0.3) is 0 Å². The number of rotatable bonds is 3. The smallest absolute Gasteiger partial charge is 0.308 e. The third-order valence-corrected chi connectivity index (χ3v) is 3.61. The lowest BCUT2D eigenvalue weighted by molar-refractivity contribution is -0.142. The number of aliphatic carboxylic acids is 1. The van der Waals surface area contributed by atoms with Gasteiger partial charge in [0.05, 0.1) is 17.9 Å². The third-order valence-electron chi connectivity index (χ3n) is 3.61. The van der Waals surface area contributed by atoms with Crippen LogP contribution in [-0.4, -0.2) is 20.6 Å². The molecule has 0 amide bonds. The van der Waals surface area contributed by atoms with Crippen LogP contribution in [0.1, 0.15) is 44.1 Å². The molecule has 4 nitrogen and oxygen atoms in total. The third kappa shape index (κ3) is 1.84. The molecule has 1 aliphatic carbocycles. The molecule has 1 N–H and O–H groups in total. The monoisotopic (exact) mass is 222 g/mol. The first-order chi connectivity index (χ1) is 7.61. The second-order valence-electron chi connectivity index (χ2n) is 4.62. The zero-order valence-electron chi connectivity index (χ0n) is 9.81. The Balaban J connectivity index is 2.26. The van der Waals surface area contributed by atoms with Crippen LogP contribution in [0, 0.1) is 5.92 Å². The summed E-state index contributed by atoms with van der Waals surface area (Å²) in [5, 5.41) is 9.02. The summed E-state index contributed by atoms with van der Waals surface area (Å²) >= 11 is 0. The molecule has 4 heteroatoms. The summed E-state index contributed by atoms with van der Waals surface area (Å²) in [6.07, 6.45) is 6.27. The van der Waals surface area contributed by atoms with E-state index in [4.69, 9.17) is 5.11 Å². The van der Waals surface area contributed by atoms with E-state index >= 15 is 0 Å². The van der Waals surface area contributed by atoms with Crippen molar-refractivity contribution >= 4 is 5.97 Å². The van der Waals surface area contributed by atoms with Gasteiger partial charge in [0.1, 0.15) is 0 Å². The lowest BCUT2D eigenvalue weighted by Crippen LogP contribution is -2.23. The van der Waals surface area contributed by atoms with Crippen LogP contribution in [0.3, 0.4) is 0 Å². The normalized spacial score (nSPS) is 18.9. The molecule has 0 aliphatic heterocycles. The van der Waals surface area contributed by atoms with E-state index in [2.05, 4.69) is 4.98 Å². The number of carboxylic acid groups (broad SMARTS) is 1. The standard InChI is InChI=1S/C12H18N2O2/c1-8(12(15)16)9(2)14-7-13-10-5-3-4-6-11(10)14/h7-9H,3-6H2,1-2H3,(H,15,16). The highest BCUT2D eigenvalue weighted by atomic mass is 16.4. The zero-order chi connectivity index (χ0) is 11.7. The summed E-state index contributed by atoms with van der Waals surface area (Å²) in [5.74, 6) is -1.12. The van der Waals surface area contributed by atoms with Crippen molar-refractivity contribution in [3.63, 3.8) is 0 Å².